The van der Waals surface area contributed by atoms with Crippen LogP contribution in [0, 0.1) is 0 Å². The van der Waals surface area contributed by atoms with Gasteiger partial charge in [0.25, 0.3) is 0 Å². The monoisotopic (exact) mass is 524 g/mol. The number of alkyl halides is 2. The lowest BCUT2D eigenvalue weighted by Gasteiger charge is -2.41. The molecule has 8 heteroatoms. The van der Waals surface area contributed by atoms with Crippen LogP contribution >= 0.6 is 63.7 Å². The zero-order chi connectivity index (χ0) is 14.6. The highest BCUT2D eigenvalue weighted by Gasteiger charge is 2.80. The molecule has 3 atom stereocenters. The van der Waals surface area contributed by atoms with Crippen molar-refractivity contribution in [2.24, 2.45) is 0 Å². The summed E-state index contributed by atoms with van der Waals surface area (Å²) in [5, 5.41) is 0. The van der Waals surface area contributed by atoms with Gasteiger partial charge in [0.2, 0.25) is 5.79 Å². The zero-order valence-electron chi connectivity index (χ0n) is 10.4. The Morgan fingerprint density at radius 2 is 1.74 bits per heavy atom. The lowest BCUT2D eigenvalue weighted by Crippen LogP contribution is -2.57. The van der Waals surface area contributed by atoms with Gasteiger partial charge in [0.05, 0.1) is 0 Å². The quantitative estimate of drug-likeness (QED) is 0.320. The van der Waals surface area contributed by atoms with Crippen molar-refractivity contribution in [1.29, 1.82) is 0 Å². The predicted molar refractivity (Wildman–Crippen MR) is 85.1 cm³/mol. The van der Waals surface area contributed by atoms with Gasteiger partial charge in [-0.15, -0.1) is 0 Å². The molecule has 2 bridgehead atoms. The highest BCUT2D eigenvalue weighted by molar-refractivity contribution is 9.16. The molecule has 2 aliphatic rings. The molecule has 2 aliphatic carbocycles. The first-order chi connectivity index (χ1) is 8.71. The van der Waals surface area contributed by atoms with Gasteiger partial charge in [0.15, 0.2) is 4.32 Å². The van der Waals surface area contributed by atoms with Crippen LogP contribution in [-0.4, -0.2) is 40.7 Å². The second-order valence-corrected chi connectivity index (χ2v) is 8.66. The summed E-state index contributed by atoms with van der Waals surface area (Å²) in [6.07, 6.45) is 0.106. The van der Waals surface area contributed by atoms with E-state index in [1.54, 1.807) is 14.2 Å². The van der Waals surface area contributed by atoms with E-state index >= 15 is 0 Å². The molecule has 108 valence electrons. The molecule has 0 saturated heterocycles. The summed E-state index contributed by atoms with van der Waals surface area (Å²) in [5.41, 5.74) is 0. The molecule has 0 N–H and O–H groups in total. The first-order valence-electron chi connectivity index (χ1n) is 5.43. The van der Waals surface area contributed by atoms with E-state index in [1.165, 1.54) is 6.92 Å². The first-order valence-corrected chi connectivity index (χ1v) is 8.60. The zero-order valence-corrected chi connectivity index (χ0v) is 16.8. The smallest absolute Gasteiger partial charge is 0.302 e. The summed E-state index contributed by atoms with van der Waals surface area (Å²) in [6, 6.07) is 0. The molecular weight excluding hydrogens is 516 g/mol. The second-order valence-electron chi connectivity index (χ2n) is 4.47. The average molecular weight is 528 g/mol. The Balaban J connectivity index is 2.61. The number of fused-ring (bicyclic) bond motifs is 2. The van der Waals surface area contributed by atoms with E-state index < -0.39 is 20.5 Å². The summed E-state index contributed by atoms with van der Waals surface area (Å²) in [7, 11) is 3.13. The fourth-order valence-corrected chi connectivity index (χ4v) is 7.54. The lowest BCUT2D eigenvalue weighted by atomic mass is 10.0. The largest absolute Gasteiger partial charge is 0.460 e. The number of hydrogen-bond acceptors (Lipinski definition) is 4. The van der Waals surface area contributed by atoms with Gasteiger partial charge in [-0.1, -0.05) is 63.7 Å². The maximum atomic E-state index is 11.3. The van der Waals surface area contributed by atoms with Crippen molar-refractivity contribution in [3.05, 3.63) is 8.96 Å². The molecule has 0 aromatic carbocycles. The van der Waals surface area contributed by atoms with Gasteiger partial charge in [0, 0.05) is 36.5 Å². The van der Waals surface area contributed by atoms with Crippen LogP contribution in [-0.2, 0) is 19.0 Å². The summed E-state index contributed by atoms with van der Waals surface area (Å²) in [5.74, 6) is -1.37. The molecule has 0 spiro atoms. The van der Waals surface area contributed by atoms with E-state index in [0.717, 1.165) is 8.96 Å². The average Bonchev–Trinajstić information content (AvgIpc) is 2.60. The van der Waals surface area contributed by atoms with Crippen molar-refractivity contribution >= 4 is 69.7 Å². The molecule has 0 aliphatic heterocycles. The number of methoxy groups -OCH3 is 2. The second kappa shape index (κ2) is 5.05. The Morgan fingerprint density at radius 3 is 2.11 bits per heavy atom. The van der Waals surface area contributed by atoms with Crippen LogP contribution in [0.1, 0.15) is 13.3 Å². The van der Waals surface area contributed by atoms with Crippen molar-refractivity contribution in [2.45, 2.75) is 33.9 Å². The minimum absolute atomic E-state index is 0.343. The van der Waals surface area contributed by atoms with Gasteiger partial charge in [-0.05, 0) is 0 Å². The minimum atomic E-state index is -1.03. The lowest BCUT2D eigenvalue weighted by molar-refractivity contribution is -0.216. The standard InChI is InChI=1S/C11H12Br4O4/c1-5(16)19-6-4-9(14)7(12)8(13)10(6,15)11(9,17-2)18-3/h6H,4H2,1-3H3/t6-,9+,10-/m0/s1. The van der Waals surface area contributed by atoms with E-state index in [0.29, 0.717) is 6.42 Å². The molecule has 0 unspecified atom stereocenters. The van der Waals surface area contributed by atoms with Crippen LogP contribution in [0.15, 0.2) is 8.96 Å². The highest BCUT2D eigenvalue weighted by Crippen LogP contribution is 2.72. The van der Waals surface area contributed by atoms with Crippen LogP contribution < -0.4 is 0 Å². The maximum Gasteiger partial charge on any atom is 0.302 e. The molecule has 0 amide bonds. The summed E-state index contributed by atoms with van der Waals surface area (Å²) >= 11 is 14.5. The van der Waals surface area contributed by atoms with Gasteiger partial charge in [-0.25, -0.2) is 0 Å². The van der Waals surface area contributed by atoms with Gasteiger partial charge < -0.3 is 14.2 Å². The van der Waals surface area contributed by atoms with Crippen LogP contribution in [0.3, 0.4) is 0 Å². The fourth-order valence-electron chi connectivity index (χ4n) is 2.91. The van der Waals surface area contributed by atoms with Crippen molar-refractivity contribution in [3.63, 3.8) is 0 Å². The number of halogens is 4. The van der Waals surface area contributed by atoms with Crippen molar-refractivity contribution in [2.75, 3.05) is 14.2 Å². The Labute approximate surface area is 145 Å². The molecule has 0 aromatic rings. The Kier molecular flexibility index (Phi) is 4.37. The Morgan fingerprint density at radius 1 is 1.21 bits per heavy atom. The topological polar surface area (TPSA) is 44.8 Å². The number of esters is 1. The number of carbonyl (C=O) groups excluding carboxylic acids is 1. The van der Waals surface area contributed by atoms with Crippen LogP contribution in [0.25, 0.3) is 0 Å². The molecule has 0 radical (unpaired) electrons. The van der Waals surface area contributed by atoms with Crippen molar-refractivity contribution in [3.8, 4) is 0 Å². The van der Waals surface area contributed by atoms with Crippen molar-refractivity contribution in [1.82, 2.24) is 0 Å². The van der Waals surface area contributed by atoms with Crippen LogP contribution in [0.5, 0.6) is 0 Å². The summed E-state index contributed by atoms with van der Waals surface area (Å²) in [6.45, 7) is 1.39. The SMILES string of the molecule is COC1(OC)[C@@]2(Br)C[C@H](OC(C)=O)[C@]1(Br)C(Br)=C2Br. The molecule has 0 heterocycles. The van der Waals surface area contributed by atoms with Gasteiger partial charge in [-0.3, -0.25) is 4.79 Å². The molecule has 0 aromatic heterocycles. The predicted octanol–water partition coefficient (Wildman–Crippen LogP) is 3.59. The molecule has 19 heavy (non-hydrogen) atoms. The summed E-state index contributed by atoms with van der Waals surface area (Å²) in [4.78, 5) is 11.3. The van der Waals surface area contributed by atoms with Gasteiger partial charge in [0.1, 0.15) is 10.4 Å². The Bertz CT molecular complexity index is 462. The third kappa shape index (κ3) is 1.76. The molecular formula is C11H12Br4O4. The molecule has 1 saturated carbocycles. The molecule has 2 rings (SSSR count). The van der Waals surface area contributed by atoms with E-state index in [1.807, 2.05) is 0 Å². The number of ether oxygens (including phenoxy) is 3. The fraction of sp³-hybridized carbons (Fsp3) is 0.727. The van der Waals surface area contributed by atoms with Crippen molar-refractivity contribution < 1.29 is 19.0 Å². The van der Waals surface area contributed by atoms with E-state index in [2.05, 4.69) is 63.7 Å². The van der Waals surface area contributed by atoms with Gasteiger partial charge >= 0.3 is 5.97 Å². The highest BCUT2D eigenvalue weighted by atomic mass is 79.9. The van der Waals surface area contributed by atoms with E-state index in [-0.39, 0.29) is 5.97 Å². The van der Waals surface area contributed by atoms with E-state index in [4.69, 9.17) is 14.2 Å². The molecule has 1 fully saturated rings. The number of rotatable bonds is 3. The molecule has 4 nitrogen and oxygen atoms in total. The summed E-state index contributed by atoms with van der Waals surface area (Å²) < 4.78 is 17.0. The number of carbonyl (C=O) groups is 1. The maximum absolute atomic E-state index is 11.3. The third-order valence-corrected chi connectivity index (χ3v) is 10.0. The van der Waals surface area contributed by atoms with Gasteiger partial charge in [-0.2, -0.15) is 0 Å². The number of hydrogen-bond donors (Lipinski definition) is 0. The Hall–Kier alpha value is 1.05. The third-order valence-electron chi connectivity index (χ3n) is 3.65. The van der Waals surface area contributed by atoms with Crippen LogP contribution in [0.2, 0.25) is 0 Å². The van der Waals surface area contributed by atoms with E-state index in [9.17, 15) is 4.79 Å². The minimum Gasteiger partial charge on any atom is -0.460 e. The normalized spacial score (nSPS) is 39.8. The first kappa shape index (κ1) is 16.4. The van der Waals surface area contributed by atoms with Crippen LogP contribution in [0.4, 0.5) is 0 Å².